The molecule has 0 aliphatic heterocycles. The third kappa shape index (κ3) is 2.38. The van der Waals surface area contributed by atoms with Gasteiger partial charge in [-0.05, 0) is 30.2 Å². The van der Waals surface area contributed by atoms with Crippen LogP contribution in [-0.4, -0.2) is 11.1 Å². The second-order valence-corrected chi connectivity index (χ2v) is 4.49. The van der Waals surface area contributed by atoms with E-state index in [4.69, 9.17) is 5.11 Å². The van der Waals surface area contributed by atoms with Crippen molar-refractivity contribution < 1.29 is 9.90 Å². The van der Waals surface area contributed by atoms with Gasteiger partial charge in [-0.2, -0.15) is 0 Å². The number of hydrogen-bond acceptors (Lipinski definition) is 1. The van der Waals surface area contributed by atoms with Crippen LogP contribution in [0, 0.1) is 11.8 Å². The summed E-state index contributed by atoms with van der Waals surface area (Å²) in [5, 5.41) is 8.82. The van der Waals surface area contributed by atoms with Gasteiger partial charge in [0.1, 0.15) is 0 Å². The van der Waals surface area contributed by atoms with Gasteiger partial charge in [-0.1, -0.05) is 37.3 Å². The minimum Gasteiger partial charge on any atom is -0.481 e. The lowest BCUT2D eigenvalue weighted by Crippen LogP contribution is -2.10. The van der Waals surface area contributed by atoms with Crippen LogP contribution >= 0.6 is 0 Å². The maximum atomic E-state index is 10.7. The zero-order chi connectivity index (χ0) is 10.8. The van der Waals surface area contributed by atoms with Crippen molar-refractivity contribution in [3.8, 4) is 0 Å². The summed E-state index contributed by atoms with van der Waals surface area (Å²) in [6.07, 6.45) is 1.97. The first-order valence-corrected chi connectivity index (χ1v) is 5.46. The first kappa shape index (κ1) is 10.2. The van der Waals surface area contributed by atoms with Crippen molar-refractivity contribution in [1.82, 2.24) is 0 Å². The topological polar surface area (TPSA) is 37.3 Å². The van der Waals surface area contributed by atoms with Gasteiger partial charge in [-0.25, -0.2) is 0 Å². The van der Waals surface area contributed by atoms with E-state index in [0.717, 1.165) is 12.8 Å². The smallest absolute Gasteiger partial charge is 0.306 e. The molecule has 0 aromatic heterocycles. The highest BCUT2D eigenvalue weighted by molar-refractivity contribution is 5.69. The Morgan fingerprint density at radius 2 is 2.13 bits per heavy atom. The van der Waals surface area contributed by atoms with Crippen LogP contribution in [0.4, 0.5) is 0 Å². The Bertz CT molecular complexity index is 345. The number of carboxylic acid groups (broad SMARTS) is 1. The van der Waals surface area contributed by atoms with E-state index in [9.17, 15) is 4.79 Å². The second-order valence-electron chi connectivity index (χ2n) is 4.49. The zero-order valence-corrected chi connectivity index (χ0v) is 8.89. The lowest BCUT2D eigenvalue weighted by atomic mass is 10.0. The van der Waals surface area contributed by atoms with Gasteiger partial charge in [-0.15, -0.1) is 0 Å². The van der Waals surface area contributed by atoms with Gasteiger partial charge in [0.2, 0.25) is 0 Å². The molecule has 1 aromatic carbocycles. The summed E-state index contributed by atoms with van der Waals surface area (Å²) >= 11 is 0. The number of hydrogen-bond donors (Lipinski definition) is 1. The third-order valence-corrected chi connectivity index (χ3v) is 3.23. The highest BCUT2D eigenvalue weighted by Crippen LogP contribution is 2.50. The summed E-state index contributed by atoms with van der Waals surface area (Å²) in [4.78, 5) is 10.7. The highest BCUT2D eigenvalue weighted by atomic mass is 16.4. The predicted molar refractivity (Wildman–Crippen MR) is 58.7 cm³/mol. The third-order valence-electron chi connectivity index (χ3n) is 3.23. The average molecular weight is 204 g/mol. The van der Waals surface area contributed by atoms with Crippen LogP contribution < -0.4 is 0 Å². The van der Waals surface area contributed by atoms with Crippen LogP contribution in [0.2, 0.25) is 0 Å². The maximum Gasteiger partial charge on any atom is 0.306 e. The summed E-state index contributed by atoms with van der Waals surface area (Å²) in [5.41, 5.74) is 1.36. The van der Waals surface area contributed by atoms with Crippen molar-refractivity contribution in [2.45, 2.75) is 25.7 Å². The minimum absolute atomic E-state index is 0.205. The number of aliphatic carboxylic acids is 1. The Kier molecular flexibility index (Phi) is 2.76. The molecule has 2 heteroatoms. The van der Waals surface area contributed by atoms with Crippen LogP contribution in [0.15, 0.2) is 30.3 Å². The van der Waals surface area contributed by atoms with E-state index < -0.39 is 5.97 Å². The minimum atomic E-state index is -0.672. The van der Waals surface area contributed by atoms with Crippen LogP contribution in [0.5, 0.6) is 0 Å². The van der Waals surface area contributed by atoms with Gasteiger partial charge >= 0.3 is 5.97 Å². The Morgan fingerprint density at radius 1 is 1.47 bits per heavy atom. The normalized spacial score (nSPS) is 25.9. The van der Waals surface area contributed by atoms with Crippen molar-refractivity contribution in [3.63, 3.8) is 0 Å². The molecule has 2 rings (SSSR count). The molecule has 1 saturated carbocycles. The molecule has 15 heavy (non-hydrogen) atoms. The summed E-state index contributed by atoms with van der Waals surface area (Å²) in [6, 6.07) is 10.4. The molecular formula is C13H16O2. The van der Waals surface area contributed by atoms with Gasteiger partial charge in [-0.3, -0.25) is 4.79 Å². The monoisotopic (exact) mass is 204 g/mol. The molecule has 1 fully saturated rings. The maximum absolute atomic E-state index is 10.7. The lowest BCUT2D eigenvalue weighted by molar-refractivity contribution is -0.141. The van der Waals surface area contributed by atoms with E-state index >= 15 is 0 Å². The molecule has 0 saturated heterocycles. The fourth-order valence-electron chi connectivity index (χ4n) is 2.17. The number of rotatable bonds is 4. The molecule has 0 amide bonds. The number of benzene rings is 1. The van der Waals surface area contributed by atoms with Crippen molar-refractivity contribution >= 4 is 5.97 Å². The quantitative estimate of drug-likeness (QED) is 0.818. The second kappa shape index (κ2) is 4.05. The van der Waals surface area contributed by atoms with Gasteiger partial charge < -0.3 is 5.11 Å². The summed E-state index contributed by atoms with van der Waals surface area (Å²) < 4.78 is 0. The SMILES string of the molecule is CC(CC1CC1c1ccccc1)C(=O)O. The Morgan fingerprint density at radius 3 is 2.73 bits per heavy atom. The standard InChI is InChI=1S/C13H16O2/c1-9(13(14)15)7-11-8-12(11)10-5-3-2-4-6-10/h2-6,9,11-12H,7-8H2,1H3,(H,14,15). The van der Waals surface area contributed by atoms with Crippen molar-refractivity contribution in [2.75, 3.05) is 0 Å². The van der Waals surface area contributed by atoms with Gasteiger partial charge in [0.15, 0.2) is 0 Å². The van der Waals surface area contributed by atoms with Crippen LogP contribution in [0.25, 0.3) is 0 Å². The summed E-state index contributed by atoms with van der Waals surface area (Å²) in [6.45, 7) is 1.79. The molecule has 1 aliphatic rings. The largest absolute Gasteiger partial charge is 0.481 e. The fourth-order valence-corrected chi connectivity index (χ4v) is 2.17. The van der Waals surface area contributed by atoms with E-state index in [-0.39, 0.29) is 5.92 Å². The molecule has 1 aliphatic carbocycles. The van der Waals surface area contributed by atoms with Crippen molar-refractivity contribution in [1.29, 1.82) is 0 Å². The first-order valence-electron chi connectivity index (χ1n) is 5.46. The highest BCUT2D eigenvalue weighted by Gasteiger charge is 2.39. The molecule has 2 nitrogen and oxygen atoms in total. The van der Waals surface area contributed by atoms with Gasteiger partial charge in [0, 0.05) is 0 Å². The summed E-state index contributed by atoms with van der Waals surface area (Å²) in [7, 11) is 0. The molecule has 0 heterocycles. The van der Waals surface area contributed by atoms with E-state index in [1.54, 1.807) is 6.92 Å². The number of carboxylic acids is 1. The Balaban J connectivity index is 1.89. The van der Waals surface area contributed by atoms with Crippen LogP contribution in [0.1, 0.15) is 31.2 Å². The molecule has 3 unspecified atom stereocenters. The lowest BCUT2D eigenvalue weighted by Gasteiger charge is -2.04. The Hall–Kier alpha value is -1.31. The molecular weight excluding hydrogens is 188 g/mol. The molecule has 1 aromatic rings. The molecule has 80 valence electrons. The van der Waals surface area contributed by atoms with E-state index in [1.165, 1.54) is 5.56 Å². The zero-order valence-electron chi connectivity index (χ0n) is 8.89. The predicted octanol–water partition coefficient (Wildman–Crippen LogP) is 2.90. The van der Waals surface area contributed by atoms with Gasteiger partial charge in [0.25, 0.3) is 0 Å². The van der Waals surface area contributed by atoms with Crippen LogP contribution in [-0.2, 0) is 4.79 Å². The van der Waals surface area contributed by atoms with E-state index in [2.05, 4.69) is 12.1 Å². The van der Waals surface area contributed by atoms with E-state index in [1.807, 2.05) is 18.2 Å². The molecule has 0 radical (unpaired) electrons. The average Bonchev–Trinajstić information content (AvgIpc) is 2.98. The summed E-state index contributed by atoms with van der Waals surface area (Å²) in [5.74, 6) is 0.309. The molecule has 0 bridgehead atoms. The van der Waals surface area contributed by atoms with Crippen molar-refractivity contribution in [3.05, 3.63) is 35.9 Å². The first-order chi connectivity index (χ1) is 7.18. The fraction of sp³-hybridized carbons (Fsp3) is 0.462. The van der Waals surface area contributed by atoms with Gasteiger partial charge in [0.05, 0.1) is 5.92 Å². The molecule has 1 N–H and O–H groups in total. The van der Waals surface area contributed by atoms with Crippen molar-refractivity contribution in [2.24, 2.45) is 11.8 Å². The van der Waals surface area contributed by atoms with Crippen LogP contribution in [0.3, 0.4) is 0 Å². The van der Waals surface area contributed by atoms with E-state index in [0.29, 0.717) is 11.8 Å². The molecule has 0 spiro atoms. The molecule has 3 atom stereocenters. The Labute approximate surface area is 89.9 Å². The number of carbonyl (C=O) groups is 1.